The third kappa shape index (κ3) is 1.94. The van der Waals surface area contributed by atoms with Gasteiger partial charge in [0, 0.05) is 12.1 Å². The number of nitrogens with one attached hydrogen (secondary N) is 1. The van der Waals surface area contributed by atoms with Crippen molar-refractivity contribution in [3.63, 3.8) is 0 Å². The van der Waals surface area contributed by atoms with Gasteiger partial charge in [0.15, 0.2) is 0 Å². The summed E-state index contributed by atoms with van der Waals surface area (Å²) in [5.41, 5.74) is 1.23. The molecule has 1 rings (SSSR count). The van der Waals surface area contributed by atoms with Crippen LogP contribution in [-0.4, -0.2) is 0 Å². The molecular weight excluding hydrogens is 122 g/mol. The van der Waals surface area contributed by atoms with Gasteiger partial charge in [0.25, 0.3) is 0 Å². The fourth-order valence-corrected chi connectivity index (χ4v) is 0.777. The first-order valence-electron chi connectivity index (χ1n) is 3.33. The molecule has 0 spiro atoms. The minimum Gasteiger partial charge on any atom is -0.365 e. The molecule has 0 aliphatic carbocycles. The number of allylic oxidation sites excluding steroid dienone is 5. The first-order chi connectivity index (χ1) is 4.93. The second kappa shape index (κ2) is 3.72. The molecule has 1 N–H and O–H groups in total. The zero-order valence-corrected chi connectivity index (χ0v) is 5.88. The molecular formula is C9H11N. The van der Waals surface area contributed by atoms with Crippen molar-refractivity contribution >= 4 is 0 Å². The smallest absolute Gasteiger partial charge is 0.0185 e. The summed E-state index contributed by atoms with van der Waals surface area (Å²) in [4.78, 5) is 0. The lowest BCUT2D eigenvalue weighted by molar-refractivity contribution is 1.07. The SMILES string of the molecule is C=C/C=C\C=C1/CC=CN1. The standard InChI is InChI=1S/C9H11N/c1-2-3-4-6-9-7-5-8-10-9/h2-6,8,10H,1,7H2/b4-3-,9-6+. The van der Waals surface area contributed by atoms with Crippen molar-refractivity contribution in [2.24, 2.45) is 0 Å². The van der Waals surface area contributed by atoms with Crippen LogP contribution >= 0.6 is 0 Å². The van der Waals surface area contributed by atoms with E-state index in [-0.39, 0.29) is 0 Å². The topological polar surface area (TPSA) is 12.0 Å². The summed E-state index contributed by atoms with van der Waals surface area (Å²) in [6, 6.07) is 0. The molecule has 0 aromatic rings. The molecule has 1 aliphatic rings. The maximum absolute atomic E-state index is 3.57. The molecule has 52 valence electrons. The van der Waals surface area contributed by atoms with E-state index < -0.39 is 0 Å². The van der Waals surface area contributed by atoms with E-state index in [4.69, 9.17) is 0 Å². The maximum atomic E-state index is 3.57. The average Bonchev–Trinajstić information content (AvgIpc) is 2.41. The van der Waals surface area contributed by atoms with E-state index in [1.807, 2.05) is 24.4 Å². The van der Waals surface area contributed by atoms with Gasteiger partial charge in [-0.1, -0.05) is 30.9 Å². The summed E-state index contributed by atoms with van der Waals surface area (Å²) in [6.45, 7) is 3.57. The van der Waals surface area contributed by atoms with Crippen LogP contribution in [-0.2, 0) is 0 Å². The molecule has 1 heteroatoms. The predicted octanol–water partition coefficient (Wildman–Crippen LogP) is 2.12. The molecule has 0 fully saturated rings. The molecule has 10 heavy (non-hydrogen) atoms. The average molecular weight is 133 g/mol. The highest BCUT2D eigenvalue weighted by molar-refractivity contribution is 5.21. The summed E-state index contributed by atoms with van der Waals surface area (Å²) in [5.74, 6) is 0. The molecule has 1 nitrogen and oxygen atoms in total. The van der Waals surface area contributed by atoms with Gasteiger partial charge in [-0.2, -0.15) is 0 Å². The van der Waals surface area contributed by atoms with Crippen molar-refractivity contribution in [1.82, 2.24) is 5.32 Å². The van der Waals surface area contributed by atoms with E-state index in [1.165, 1.54) is 5.70 Å². The summed E-state index contributed by atoms with van der Waals surface area (Å²) in [6.07, 6.45) is 12.7. The van der Waals surface area contributed by atoms with Gasteiger partial charge in [-0.25, -0.2) is 0 Å². The minimum atomic E-state index is 1.02. The number of hydrogen-bond donors (Lipinski definition) is 1. The van der Waals surface area contributed by atoms with Gasteiger partial charge in [0.1, 0.15) is 0 Å². The zero-order valence-electron chi connectivity index (χ0n) is 5.88. The van der Waals surface area contributed by atoms with Crippen molar-refractivity contribution < 1.29 is 0 Å². The number of rotatable bonds is 2. The van der Waals surface area contributed by atoms with Gasteiger partial charge in [-0.05, 0) is 12.3 Å². The van der Waals surface area contributed by atoms with Crippen LogP contribution in [0.3, 0.4) is 0 Å². The van der Waals surface area contributed by atoms with Gasteiger partial charge in [-0.15, -0.1) is 0 Å². The Bertz CT molecular complexity index is 187. The first kappa shape index (κ1) is 6.87. The Morgan fingerprint density at radius 2 is 2.40 bits per heavy atom. The van der Waals surface area contributed by atoms with Crippen molar-refractivity contribution in [1.29, 1.82) is 0 Å². The molecule has 1 heterocycles. The largest absolute Gasteiger partial charge is 0.365 e. The van der Waals surface area contributed by atoms with Crippen LogP contribution in [0.1, 0.15) is 6.42 Å². The maximum Gasteiger partial charge on any atom is 0.0185 e. The minimum absolute atomic E-state index is 1.02. The Morgan fingerprint density at radius 3 is 3.00 bits per heavy atom. The van der Waals surface area contributed by atoms with Gasteiger partial charge >= 0.3 is 0 Å². The highest BCUT2D eigenvalue weighted by Crippen LogP contribution is 2.04. The Balaban J connectivity index is 2.40. The molecule has 0 saturated heterocycles. The summed E-state index contributed by atoms with van der Waals surface area (Å²) in [5, 5.41) is 3.11. The van der Waals surface area contributed by atoms with E-state index in [0.29, 0.717) is 0 Å². The van der Waals surface area contributed by atoms with Crippen molar-refractivity contribution in [2.45, 2.75) is 6.42 Å². The summed E-state index contributed by atoms with van der Waals surface area (Å²) < 4.78 is 0. The second-order valence-electron chi connectivity index (χ2n) is 2.06. The molecule has 0 aromatic carbocycles. The predicted molar refractivity (Wildman–Crippen MR) is 44.3 cm³/mol. The van der Waals surface area contributed by atoms with Crippen LogP contribution < -0.4 is 5.32 Å². The highest BCUT2D eigenvalue weighted by Gasteiger charge is 1.93. The van der Waals surface area contributed by atoms with Crippen LogP contribution in [0.25, 0.3) is 0 Å². The Hall–Kier alpha value is -1.24. The van der Waals surface area contributed by atoms with Gasteiger partial charge in [-0.3, -0.25) is 0 Å². The van der Waals surface area contributed by atoms with Gasteiger partial charge in [0.2, 0.25) is 0 Å². The monoisotopic (exact) mass is 133 g/mol. The molecule has 0 amide bonds. The second-order valence-corrected chi connectivity index (χ2v) is 2.06. The lowest BCUT2D eigenvalue weighted by Crippen LogP contribution is -1.95. The molecule has 0 saturated carbocycles. The Labute approximate surface area is 61.4 Å². The van der Waals surface area contributed by atoms with E-state index >= 15 is 0 Å². The summed E-state index contributed by atoms with van der Waals surface area (Å²) in [7, 11) is 0. The summed E-state index contributed by atoms with van der Waals surface area (Å²) >= 11 is 0. The van der Waals surface area contributed by atoms with Crippen molar-refractivity contribution in [3.05, 3.63) is 48.9 Å². The van der Waals surface area contributed by atoms with E-state index in [2.05, 4.69) is 18.0 Å². The molecule has 0 radical (unpaired) electrons. The molecule has 0 atom stereocenters. The fraction of sp³-hybridized carbons (Fsp3) is 0.111. The Morgan fingerprint density at radius 1 is 1.50 bits per heavy atom. The van der Waals surface area contributed by atoms with Crippen molar-refractivity contribution in [3.8, 4) is 0 Å². The lowest BCUT2D eigenvalue weighted by Gasteiger charge is -1.92. The van der Waals surface area contributed by atoms with Gasteiger partial charge in [0.05, 0.1) is 0 Å². The molecule has 0 bridgehead atoms. The molecule has 0 unspecified atom stereocenters. The third-order valence-electron chi connectivity index (χ3n) is 1.27. The van der Waals surface area contributed by atoms with E-state index in [9.17, 15) is 0 Å². The third-order valence-corrected chi connectivity index (χ3v) is 1.27. The Kier molecular flexibility index (Phi) is 2.56. The number of hydrogen-bond acceptors (Lipinski definition) is 1. The molecule has 1 aliphatic heterocycles. The van der Waals surface area contributed by atoms with Gasteiger partial charge < -0.3 is 5.32 Å². The van der Waals surface area contributed by atoms with Crippen molar-refractivity contribution in [2.75, 3.05) is 0 Å². The first-order valence-corrected chi connectivity index (χ1v) is 3.33. The quantitative estimate of drug-likeness (QED) is 0.569. The fourth-order valence-electron chi connectivity index (χ4n) is 0.777. The van der Waals surface area contributed by atoms with E-state index in [0.717, 1.165) is 6.42 Å². The van der Waals surface area contributed by atoms with Crippen LogP contribution in [0.2, 0.25) is 0 Å². The normalized spacial score (nSPS) is 20.2. The van der Waals surface area contributed by atoms with Crippen LogP contribution in [0.15, 0.2) is 48.9 Å². The highest BCUT2D eigenvalue weighted by atomic mass is 14.9. The van der Waals surface area contributed by atoms with Crippen LogP contribution in [0, 0.1) is 0 Å². The molecule has 0 aromatic heterocycles. The van der Waals surface area contributed by atoms with Crippen LogP contribution in [0.4, 0.5) is 0 Å². The van der Waals surface area contributed by atoms with Crippen LogP contribution in [0.5, 0.6) is 0 Å². The zero-order chi connectivity index (χ0) is 7.23. The van der Waals surface area contributed by atoms with E-state index in [1.54, 1.807) is 6.08 Å². The lowest BCUT2D eigenvalue weighted by atomic mass is 10.3.